The molecule has 0 bridgehead atoms. The molecule has 0 aromatic carbocycles. The van der Waals surface area contributed by atoms with Gasteiger partial charge in [-0.3, -0.25) is 0 Å². The number of anilines is 2. The van der Waals surface area contributed by atoms with Gasteiger partial charge >= 0.3 is 0 Å². The van der Waals surface area contributed by atoms with Crippen LogP contribution in [0.3, 0.4) is 0 Å². The molecule has 2 rings (SSSR count). The zero-order valence-corrected chi connectivity index (χ0v) is 11.2. The Bertz CT molecular complexity index is 409. The largest absolute Gasteiger partial charge is 0.380 e. The average Bonchev–Trinajstić information content (AvgIpc) is 2.86. The summed E-state index contributed by atoms with van der Waals surface area (Å²) in [5, 5.41) is 0. The average molecular weight is 251 g/mol. The molecule has 1 atom stereocenters. The number of hydrogen-bond acceptors (Lipinski definition) is 6. The molecule has 18 heavy (non-hydrogen) atoms. The van der Waals surface area contributed by atoms with Gasteiger partial charge < -0.3 is 15.1 Å². The van der Waals surface area contributed by atoms with Crippen molar-refractivity contribution in [1.29, 1.82) is 0 Å². The van der Waals surface area contributed by atoms with E-state index in [1.54, 1.807) is 7.11 Å². The van der Waals surface area contributed by atoms with Gasteiger partial charge in [0.15, 0.2) is 0 Å². The molecule has 0 spiro atoms. The molecule has 1 fully saturated rings. The molecule has 2 heterocycles. The summed E-state index contributed by atoms with van der Waals surface area (Å²) in [4.78, 5) is 11.2. The number of rotatable bonds is 4. The lowest BCUT2D eigenvalue weighted by molar-refractivity contribution is 0.121. The van der Waals surface area contributed by atoms with Crippen molar-refractivity contribution in [3.05, 3.63) is 11.9 Å². The van der Waals surface area contributed by atoms with E-state index in [0.717, 1.165) is 31.2 Å². The fourth-order valence-corrected chi connectivity index (χ4v) is 2.08. The van der Waals surface area contributed by atoms with E-state index in [-0.39, 0.29) is 12.0 Å². The minimum absolute atomic E-state index is 0.276. The van der Waals surface area contributed by atoms with Crippen molar-refractivity contribution in [3.8, 4) is 0 Å². The lowest BCUT2D eigenvalue weighted by Crippen LogP contribution is -2.24. The third kappa shape index (κ3) is 2.70. The van der Waals surface area contributed by atoms with Gasteiger partial charge in [-0.2, -0.15) is 0 Å². The van der Waals surface area contributed by atoms with Crippen LogP contribution in [0.15, 0.2) is 6.07 Å². The first-order chi connectivity index (χ1) is 8.63. The van der Waals surface area contributed by atoms with Crippen molar-refractivity contribution in [2.45, 2.75) is 32.3 Å². The highest BCUT2D eigenvalue weighted by Crippen LogP contribution is 2.23. The van der Waals surface area contributed by atoms with Crippen molar-refractivity contribution in [1.82, 2.24) is 9.97 Å². The predicted octanol–water partition coefficient (Wildman–Crippen LogP) is 1.11. The summed E-state index contributed by atoms with van der Waals surface area (Å²) < 4.78 is 5.37. The maximum Gasteiger partial charge on any atom is 0.145 e. The molecule has 0 radical (unpaired) electrons. The maximum absolute atomic E-state index is 5.46. The minimum Gasteiger partial charge on any atom is -0.380 e. The van der Waals surface area contributed by atoms with E-state index in [4.69, 9.17) is 10.6 Å². The van der Waals surface area contributed by atoms with E-state index in [9.17, 15) is 0 Å². The van der Waals surface area contributed by atoms with E-state index in [1.807, 2.05) is 6.07 Å². The standard InChI is InChI=1S/C12H21N5O/c1-8(2)12-14-10(16-13)6-11(15-12)17-5-4-9(7-17)18-3/h6,8-9H,4-5,7,13H2,1-3H3,(H,14,15,16). The summed E-state index contributed by atoms with van der Waals surface area (Å²) in [5.41, 5.74) is 2.60. The summed E-state index contributed by atoms with van der Waals surface area (Å²) in [5.74, 6) is 8.11. The fraction of sp³-hybridized carbons (Fsp3) is 0.667. The number of nitrogen functional groups attached to an aromatic ring is 1. The number of nitrogens with zero attached hydrogens (tertiary/aromatic N) is 3. The molecule has 1 saturated heterocycles. The molecule has 1 aliphatic rings. The molecule has 0 aliphatic carbocycles. The van der Waals surface area contributed by atoms with Crippen LogP contribution >= 0.6 is 0 Å². The fourth-order valence-electron chi connectivity index (χ4n) is 2.08. The zero-order valence-electron chi connectivity index (χ0n) is 11.2. The molecular weight excluding hydrogens is 230 g/mol. The first-order valence-corrected chi connectivity index (χ1v) is 6.27. The van der Waals surface area contributed by atoms with Gasteiger partial charge in [-0.05, 0) is 6.42 Å². The normalized spacial score (nSPS) is 19.6. The monoisotopic (exact) mass is 251 g/mol. The number of aromatic nitrogens is 2. The summed E-state index contributed by atoms with van der Waals surface area (Å²) in [6.07, 6.45) is 1.32. The second kappa shape index (κ2) is 5.49. The van der Waals surface area contributed by atoms with Crippen molar-refractivity contribution < 1.29 is 4.74 Å². The highest BCUT2D eigenvalue weighted by molar-refractivity contribution is 5.50. The van der Waals surface area contributed by atoms with Crippen LogP contribution in [-0.4, -0.2) is 36.3 Å². The summed E-state index contributed by atoms with van der Waals surface area (Å²) in [6.45, 7) is 5.97. The van der Waals surface area contributed by atoms with Gasteiger partial charge in [0, 0.05) is 32.2 Å². The lowest BCUT2D eigenvalue weighted by atomic mass is 10.2. The second-order valence-electron chi connectivity index (χ2n) is 4.86. The minimum atomic E-state index is 0.276. The zero-order chi connectivity index (χ0) is 13.1. The number of nitrogens with one attached hydrogen (secondary N) is 1. The molecule has 1 aliphatic heterocycles. The maximum atomic E-state index is 5.46. The SMILES string of the molecule is COC1CCN(c2cc(NN)nc(C(C)C)n2)C1. The molecule has 0 amide bonds. The van der Waals surface area contributed by atoms with E-state index >= 15 is 0 Å². The highest BCUT2D eigenvalue weighted by Gasteiger charge is 2.24. The van der Waals surface area contributed by atoms with Gasteiger partial charge in [0.05, 0.1) is 6.10 Å². The Labute approximate surface area is 108 Å². The second-order valence-corrected chi connectivity index (χ2v) is 4.86. The first-order valence-electron chi connectivity index (χ1n) is 6.27. The number of ether oxygens (including phenoxy) is 1. The molecule has 6 heteroatoms. The Hall–Kier alpha value is -1.40. The van der Waals surface area contributed by atoms with Crippen LogP contribution in [0.1, 0.15) is 32.0 Å². The summed E-state index contributed by atoms with van der Waals surface area (Å²) in [6, 6.07) is 1.88. The molecule has 1 unspecified atom stereocenters. The van der Waals surface area contributed by atoms with Crippen LogP contribution in [0.2, 0.25) is 0 Å². The molecular formula is C12H21N5O. The molecule has 3 N–H and O–H groups in total. The van der Waals surface area contributed by atoms with Gasteiger partial charge in [0.1, 0.15) is 17.5 Å². The predicted molar refractivity (Wildman–Crippen MR) is 71.6 cm³/mol. The number of methoxy groups -OCH3 is 1. The van der Waals surface area contributed by atoms with E-state index in [2.05, 4.69) is 34.1 Å². The van der Waals surface area contributed by atoms with Crippen LogP contribution in [0.25, 0.3) is 0 Å². The third-order valence-corrected chi connectivity index (χ3v) is 3.20. The van der Waals surface area contributed by atoms with E-state index < -0.39 is 0 Å². The number of hydrogen-bond donors (Lipinski definition) is 2. The van der Waals surface area contributed by atoms with Crippen molar-refractivity contribution in [3.63, 3.8) is 0 Å². The van der Waals surface area contributed by atoms with Crippen molar-refractivity contribution in [2.75, 3.05) is 30.5 Å². The Balaban J connectivity index is 2.24. The van der Waals surface area contributed by atoms with Crippen LogP contribution in [0.4, 0.5) is 11.6 Å². The summed E-state index contributed by atoms with van der Waals surface area (Å²) in [7, 11) is 1.75. The number of hydrazine groups is 1. The third-order valence-electron chi connectivity index (χ3n) is 3.20. The highest BCUT2D eigenvalue weighted by atomic mass is 16.5. The van der Waals surface area contributed by atoms with Gasteiger partial charge in [-0.15, -0.1) is 0 Å². The van der Waals surface area contributed by atoms with Crippen LogP contribution < -0.4 is 16.2 Å². The van der Waals surface area contributed by atoms with Crippen molar-refractivity contribution in [2.24, 2.45) is 5.84 Å². The van der Waals surface area contributed by atoms with Crippen LogP contribution in [0.5, 0.6) is 0 Å². The molecule has 0 saturated carbocycles. The van der Waals surface area contributed by atoms with Crippen molar-refractivity contribution >= 4 is 11.6 Å². The summed E-state index contributed by atoms with van der Waals surface area (Å²) >= 11 is 0. The topological polar surface area (TPSA) is 76.3 Å². The van der Waals surface area contributed by atoms with E-state index in [1.165, 1.54) is 0 Å². The Morgan fingerprint density at radius 1 is 1.50 bits per heavy atom. The molecule has 100 valence electrons. The smallest absolute Gasteiger partial charge is 0.145 e. The van der Waals surface area contributed by atoms with Crippen LogP contribution in [-0.2, 0) is 4.74 Å². The molecule has 1 aromatic rings. The molecule has 1 aromatic heterocycles. The van der Waals surface area contributed by atoms with Gasteiger partial charge in [0.2, 0.25) is 0 Å². The van der Waals surface area contributed by atoms with E-state index in [0.29, 0.717) is 5.82 Å². The molecule has 6 nitrogen and oxygen atoms in total. The number of nitrogens with two attached hydrogens (primary N) is 1. The first kappa shape index (κ1) is 13.0. The Kier molecular flexibility index (Phi) is 3.98. The van der Waals surface area contributed by atoms with Crippen LogP contribution in [0, 0.1) is 0 Å². The van der Waals surface area contributed by atoms with Gasteiger partial charge in [0.25, 0.3) is 0 Å². The quantitative estimate of drug-likeness (QED) is 0.616. The Morgan fingerprint density at radius 2 is 2.28 bits per heavy atom. The Morgan fingerprint density at radius 3 is 2.83 bits per heavy atom. The van der Waals surface area contributed by atoms with Gasteiger partial charge in [-0.25, -0.2) is 15.8 Å². The lowest BCUT2D eigenvalue weighted by Gasteiger charge is -2.19. The van der Waals surface area contributed by atoms with Gasteiger partial charge in [-0.1, -0.05) is 13.8 Å².